The first-order valence-electron chi connectivity index (χ1n) is 14.1. The van der Waals surface area contributed by atoms with Crippen LogP contribution in [0.15, 0.2) is 29.1 Å². The molecule has 11 nitrogen and oxygen atoms in total. The Labute approximate surface area is 246 Å². The second-order valence-electron chi connectivity index (χ2n) is 10.0. The molecule has 3 N–H and O–H groups in total. The Morgan fingerprint density at radius 1 is 0.905 bits per heavy atom. The first kappa shape index (κ1) is 32.2. The third-order valence-corrected chi connectivity index (χ3v) is 7.19. The molecule has 1 aliphatic carbocycles. The Balaban J connectivity index is 1.79. The van der Waals surface area contributed by atoms with Gasteiger partial charge in [-0.25, -0.2) is 0 Å². The largest absolute Gasteiger partial charge is 0.493 e. The number of nitrogens with one attached hydrogen (secondary N) is 3. The van der Waals surface area contributed by atoms with Gasteiger partial charge in [0.15, 0.2) is 11.5 Å². The number of hydrogen-bond acceptors (Lipinski definition) is 9. The van der Waals surface area contributed by atoms with Gasteiger partial charge in [0, 0.05) is 32.0 Å². The van der Waals surface area contributed by atoms with E-state index in [1.165, 1.54) is 14.0 Å². The Hall–Kier alpha value is -4.28. The number of anilines is 1. The summed E-state index contributed by atoms with van der Waals surface area (Å²) in [5.74, 6) is 0.834. The SMILES string of the molecule is COC(=O)CCNC(=O)CCCCCNc1ccc2c(cc1=O)[C@H](NC(C)=O)CCc1cc(OC)c(OC)c(OC)c1-2. The second-order valence-corrected chi connectivity index (χ2v) is 10.0. The fourth-order valence-corrected chi connectivity index (χ4v) is 5.16. The van der Waals surface area contributed by atoms with Gasteiger partial charge in [-0.2, -0.15) is 0 Å². The number of benzene rings is 1. The zero-order chi connectivity index (χ0) is 30.6. The monoisotopic (exact) mass is 583 g/mol. The van der Waals surface area contributed by atoms with Gasteiger partial charge in [0.05, 0.1) is 46.6 Å². The van der Waals surface area contributed by atoms with E-state index >= 15 is 0 Å². The van der Waals surface area contributed by atoms with Crippen LogP contribution in [0, 0.1) is 0 Å². The molecule has 0 saturated carbocycles. The number of amides is 2. The van der Waals surface area contributed by atoms with E-state index in [0.29, 0.717) is 60.7 Å². The van der Waals surface area contributed by atoms with Crippen molar-refractivity contribution in [3.8, 4) is 28.4 Å². The highest BCUT2D eigenvalue weighted by molar-refractivity contribution is 5.84. The molecular formula is C31H41N3O8. The van der Waals surface area contributed by atoms with Crippen LogP contribution >= 0.6 is 0 Å². The highest BCUT2D eigenvalue weighted by Gasteiger charge is 2.29. The molecule has 0 radical (unpaired) electrons. The van der Waals surface area contributed by atoms with Gasteiger partial charge in [0.25, 0.3) is 0 Å². The average Bonchev–Trinajstić information content (AvgIpc) is 3.21. The number of ether oxygens (including phenoxy) is 4. The van der Waals surface area contributed by atoms with E-state index in [-0.39, 0.29) is 42.2 Å². The highest BCUT2D eigenvalue weighted by atomic mass is 16.5. The number of unbranched alkanes of at least 4 members (excludes halogenated alkanes) is 2. The molecule has 0 unspecified atom stereocenters. The topological polar surface area (TPSA) is 141 Å². The van der Waals surface area contributed by atoms with E-state index < -0.39 is 0 Å². The molecule has 1 atom stereocenters. The van der Waals surface area contributed by atoms with Crippen LogP contribution in [0.25, 0.3) is 11.1 Å². The van der Waals surface area contributed by atoms with Crippen molar-refractivity contribution < 1.29 is 33.3 Å². The number of carbonyl (C=O) groups excluding carboxylic acids is 3. The number of esters is 1. The molecule has 0 aromatic heterocycles. The third kappa shape index (κ3) is 8.14. The second kappa shape index (κ2) is 15.6. The highest BCUT2D eigenvalue weighted by Crippen LogP contribution is 2.50. The first-order valence-corrected chi connectivity index (χ1v) is 14.1. The molecule has 2 amide bonds. The van der Waals surface area contributed by atoms with E-state index in [1.54, 1.807) is 33.5 Å². The molecule has 42 heavy (non-hydrogen) atoms. The van der Waals surface area contributed by atoms with Gasteiger partial charge in [0.2, 0.25) is 23.0 Å². The molecule has 0 heterocycles. The van der Waals surface area contributed by atoms with Gasteiger partial charge in [0.1, 0.15) is 0 Å². The van der Waals surface area contributed by atoms with Crippen LogP contribution in [0.3, 0.4) is 0 Å². The molecular weight excluding hydrogens is 542 g/mol. The maximum absolute atomic E-state index is 13.4. The molecule has 228 valence electrons. The van der Waals surface area contributed by atoms with Gasteiger partial charge >= 0.3 is 5.97 Å². The third-order valence-electron chi connectivity index (χ3n) is 7.19. The summed E-state index contributed by atoms with van der Waals surface area (Å²) < 4.78 is 21.6. The van der Waals surface area contributed by atoms with E-state index in [4.69, 9.17) is 14.2 Å². The Morgan fingerprint density at radius 2 is 1.67 bits per heavy atom. The van der Waals surface area contributed by atoms with Gasteiger partial charge in [-0.15, -0.1) is 0 Å². The smallest absolute Gasteiger partial charge is 0.307 e. The van der Waals surface area contributed by atoms with Gasteiger partial charge < -0.3 is 34.9 Å². The summed E-state index contributed by atoms with van der Waals surface area (Å²) in [4.78, 5) is 48.5. The summed E-state index contributed by atoms with van der Waals surface area (Å²) in [6.45, 7) is 2.27. The summed E-state index contributed by atoms with van der Waals surface area (Å²) in [7, 11) is 5.99. The molecule has 2 aromatic carbocycles. The average molecular weight is 584 g/mol. The molecule has 0 fully saturated rings. The lowest BCUT2D eigenvalue weighted by atomic mass is 9.95. The number of rotatable bonds is 14. The lowest BCUT2D eigenvalue weighted by molar-refractivity contribution is -0.140. The predicted octanol–water partition coefficient (Wildman–Crippen LogP) is 3.51. The van der Waals surface area contributed by atoms with Crippen LogP contribution in [0.2, 0.25) is 0 Å². The molecule has 0 saturated heterocycles. The summed E-state index contributed by atoms with van der Waals surface area (Å²) in [6, 6.07) is 6.76. The van der Waals surface area contributed by atoms with Crippen LogP contribution in [0.4, 0.5) is 5.69 Å². The van der Waals surface area contributed by atoms with E-state index in [1.807, 2.05) is 12.1 Å². The van der Waals surface area contributed by atoms with Crippen LogP contribution < -0.4 is 35.6 Å². The molecule has 11 heteroatoms. The summed E-state index contributed by atoms with van der Waals surface area (Å²) in [5, 5.41) is 8.95. The number of aryl methyl sites for hydroxylation is 1. The van der Waals surface area contributed by atoms with Crippen molar-refractivity contribution >= 4 is 23.5 Å². The standard InChI is InChI=1S/C31H41N3O8/c1-19(35)34-23-12-10-20-17-26(39-2)30(41-4)31(42-5)29(20)21-11-13-24(25(36)18-22(21)23)32-15-8-6-7-9-27(37)33-16-14-28(38)40-3/h11,13,17-18,23H,6-10,12,14-16H2,1-5H3,(H,32,36)(H,33,37)(H,34,35)/t23-/m1/s1. The zero-order valence-electron chi connectivity index (χ0n) is 25.0. The maximum atomic E-state index is 13.4. The van der Waals surface area contributed by atoms with Gasteiger partial charge in [-0.1, -0.05) is 12.5 Å². The molecule has 0 bridgehead atoms. The van der Waals surface area contributed by atoms with E-state index in [2.05, 4.69) is 20.7 Å². The van der Waals surface area contributed by atoms with Crippen LogP contribution in [-0.2, 0) is 25.5 Å². The van der Waals surface area contributed by atoms with Crippen LogP contribution in [0.5, 0.6) is 17.2 Å². The van der Waals surface area contributed by atoms with E-state index in [9.17, 15) is 19.2 Å². The number of methoxy groups -OCH3 is 4. The summed E-state index contributed by atoms with van der Waals surface area (Å²) in [5.41, 5.74) is 3.46. The molecule has 0 aliphatic heterocycles. The summed E-state index contributed by atoms with van der Waals surface area (Å²) in [6.07, 6.45) is 3.95. The van der Waals surface area contributed by atoms with Gasteiger partial charge in [-0.05, 0) is 60.6 Å². The Bertz CT molecular complexity index is 1340. The summed E-state index contributed by atoms with van der Waals surface area (Å²) >= 11 is 0. The van der Waals surface area contributed by atoms with Crippen molar-refractivity contribution in [2.45, 2.75) is 57.9 Å². The van der Waals surface area contributed by atoms with Crippen molar-refractivity contribution in [2.75, 3.05) is 46.8 Å². The minimum absolute atomic E-state index is 0.107. The Kier molecular flexibility index (Phi) is 12.0. The van der Waals surface area contributed by atoms with Crippen molar-refractivity contribution in [3.05, 3.63) is 45.6 Å². The fourth-order valence-electron chi connectivity index (χ4n) is 5.16. The molecule has 2 aromatic rings. The minimum Gasteiger partial charge on any atom is -0.493 e. The quantitative estimate of drug-likeness (QED) is 0.225. The number of hydrogen-bond donors (Lipinski definition) is 3. The lowest BCUT2D eigenvalue weighted by Crippen LogP contribution is -2.26. The van der Waals surface area contributed by atoms with E-state index in [0.717, 1.165) is 29.5 Å². The minimum atomic E-state index is -0.377. The maximum Gasteiger partial charge on any atom is 0.307 e. The van der Waals surface area contributed by atoms with Crippen molar-refractivity contribution in [2.24, 2.45) is 0 Å². The molecule has 3 rings (SSSR count). The molecule has 0 spiro atoms. The lowest BCUT2D eigenvalue weighted by Gasteiger charge is -2.19. The first-order chi connectivity index (χ1) is 20.2. The Morgan fingerprint density at radius 3 is 2.33 bits per heavy atom. The molecule has 1 aliphatic rings. The fraction of sp³-hybridized carbons (Fsp3) is 0.484. The van der Waals surface area contributed by atoms with Crippen LogP contribution in [0.1, 0.15) is 62.6 Å². The van der Waals surface area contributed by atoms with Crippen molar-refractivity contribution in [1.82, 2.24) is 10.6 Å². The van der Waals surface area contributed by atoms with Crippen LogP contribution in [-0.4, -0.2) is 59.3 Å². The predicted molar refractivity (Wildman–Crippen MR) is 159 cm³/mol. The number of fused-ring (bicyclic) bond motifs is 3. The zero-order valence-corrected chi connectivity index (χ0v) is 25.0. The van der Waals surface area contributed by atoms with Gasteiger partial charge in [-0.3, -0.25) is 19.2 Å². The number of carbonyl (C=O) groups is 3. The van der Waals surface area contributed by atoms with Crippen molar-refractivity contribution in [1.29, 1.82) is 0 Å². The normalized spacial score (nSPS) is 13.5. The van der Waals surface area contributed by atoms with Crippen molar-refractivity contribution in [3.63, 3.8) is 0 Å².